The van der Waals surface area contributed by atoms with Crippen LogP contribution in [0.1, 0.15) is 61.3 Å². The van der Waals surface area contributed by atoms with Gasteiger partial charge in [-0.2, -0.15) is 5.26 Å². The molecular weight excluding hydrogens is 342 g/mol. The third-order valence-electron chi connectivity index (χ3n) is 5.95. The lowest BCUT2D eigenvalue weighted by Gasteiger charge is -2.36. The standard InChI is InChI=1S/C20H29N5O2/c1-20(13-21,14-7-8-14)23-18(26)12-25-11-5-4-6-16(25)15-9-10-17(24(15)3)19(27)22-2/h9-10,14,16H,4-8,11-12H2,1-3H3,(H,22,27)(H,23,26)/t16-,20+/m0/s1. The summed E-state index contributed by atoms with van der Waals surface area (Å²) in [5.74, 6) is 0.0586. The molecule has 7 heteroatoms. The van der Waals surface area contributed by atoms with Crippen LogP contribution in [0.3, 0.4) is 0 Å². The minimum absolute atomic E-state index is 0.0985. The maximum Gasteiger partial charge on any atom is 0.267 e. The van der Waals surface area contributed by atoms with Crippen molar-refractivity contribution in [3.8, 4) is 6.07 Å². The average molecular weight is 371 g/mol. The highest BCUT2D eigenvalue weighted by Gasteiger charge is 2.43. The quantitative estimate of drug-likeness (QED) is 0.797. The molecule has 1 aromatic heterocycles. The fraction of sp³-hybridized carbons (Fsp3) is 0.650. The summed E-state index contributed by atoms with van der Waals surface area (Å²) in [5.41, 5.74) is 0.902. The molecule has 27 heavy (non-hydrogen) atoms. The van der Waals surface area contributed by atoms with E-state index in [1.165, 1.54) is 0 Å². The van der Waals surface area contributed by atoms with Crippen molar-refractivity contribution in [1.82, 2.24) is 20.1 Å². The molecule has 0 bridgehead atoms. The van der Waals surface area contributed by atoms with E-state index in [1.807, 2.05) is 30.7 Å². The number of nitrogens with one attached hydrogen (secondary N) is 2. The Morgan fingerprint density at radius 2 is 2.04 bits per heavy atom. The summed E-state index contributed by atoms with van der Waals surface area (Å²) >= 11 is 0. The highest BCUT2D eigenvalue weighted by atomic mass is 16.2. The van der Waals surface area contributed by atoms with Crippen LogP contribution in [0.2, 0.25) is 0 Å². The minimum atomic E-state index is -0.764. The van der Waals surface area contributed by atoms with Crippen LogP contribution in [0.5, 0.6) is 0 Å². The van der Waals surface area contributed by atoms with E-state index >= 15 is 0 Å². The van der Waals surface area contributed by atoms with Crippen molar-refractivity contribution in [2.75, 3.05) is 20.1 Å². The van der Waals surface area contributed by atoms with Gasteiger partial charge in [-0.3, -0.25) is 14.5 Å². The fourth-order valence-electron chi connectivity index (χ4n) is 4.13. The van der Waals surface area contributed by atoms with Gasteiger partial charge in [0, 0.05) is 19.8 Å². The molecule has 7 nitrogen and oxygen atoms in total. The number of rotatable bonds is 6. The van der Waals surface area contributed by atoms with Gasteiger partial charge in [-0.25, -0.2) is 0 Å². The molecule has 0 radical (unpaired) electrons. The maximum absolute atomic E-state index is 12.7. The smallest absolute Gasteiger partial charge is 0.267 e. The van der Waals surface area contributed by atoms with Crippen LogP contribution in [-0.4, -0.2) is 47.0 Å². The van der Waals surface area contributed by atoms with E-state index in [1.54, 1.807) is 7.05 Å². The number of hydrogen-bond donors (Lipinski definition) is 2. The minimum Gasteiger partial charge on any atom is -0.354 e. The van der Waals surface area contributed by atoms with Crippen molar-refractivity contribution in [3.63, 3.8) is 0 Å². The van der Waals surface area contributed by atoms with Crippen LogP contribution in [0.4, 0.5) is 0 Å². The molecule has 2 N–H and O–H groups in total. The van der Waals surface area contributed by atoms with Crippen molar-refractivity contribution < 1.29 is 9.59 Å². The number of nitriles is 1. The molecule has 2 atom stereocenters. The van der Waals surface area contributed by atoms with Gasteiger partial charge in [0.2, 0.25) is 5.91 Å². The Kier molecular flexibility index (Phi) is 5.56. The van der Waals surface area contributed by atoms with E-state index in [-0.39, 0.29) is 30.3 Å². The van der Waals surface area contributed by atoms with E-state index in [9.17, 15) is 14.9 Å². The first kappa shape index (κ1) is 19.4. The zero-order chi connectivity index (χ0) is 19.6. The van der Waals surface area contributed by atoms with Crippen LogP contribution < -0.4 is 10.6 Å². The molecule has 1 aliphatic heterocycles. The van der Waals surface area contributed by atoms with Crippen LogP contribution >= 0.6 is 0 Å². The Morgan fingerprint density at radius 3 is 2.67 bits per heavy atom. The molecule has 0 spiro atoms. The predicted molar refractivity (Wildman–Crippen MR) is 102 cm³/mol. The Balaban J connectivity index is 1.72. The summed E-state index contributed by atoms with van der Waals surface area (Å²) in [5, 5.41) is 15.1. The van der Waals surface area contributed by atoms with Gasteiger partial charge >= 0.3 is 0 Å². The first-order chi connectivity index (χ1) is 12.9. The van der Waals surface area contributed by atoms with Gasteiger partial charge in [0.15, 0.2) is 0 Å². The highest BCUT2D eigenvalue weighted by molar-refractivity contribution is 5.92. The van der Waals surface area contributed by atoms with E-state index in [4.69, 9.17) is 0 Å². The third-order valence-corrected chi connectivity index (χ3v) is 5.95. The molecule has 1 saturated carbocycles. The van der Waals surface area contributed by atoms with Gasteiger partial charge < -0.3 is 15.2 Å². The largest absolute Gasteiger partial charge is 0.354 e. The summed E-state index contributed by atoms with van der Waals surface area (Å²) in [6.07, 6.45) is 5.11. The Hall–Kier alpha value is -2.33. The lowest BCUT2D eigenvalue weighted by molar-refractivity contribution is -0.124. The molecule has 0 unspecified atom stereocenters. The van der Waals surface area contributed by atoms with Crippen LogP contribution in [0, 0.1) is 17.2 Å². The molecule has 2 amide bonds. The van der Waals surface area contributed by atoms with E-state index in [0.717, 1.165) is 44.3 Å². The zero-order valence-corrected chi connectivity index (χ0v) is 16.4. The van der Waals surface area contributed by atoms with E-state index < -0.39 is 5.54 Å². The van der Waals surface area contributed by atoms with Crippen LogP contribution in [0.15, 0.2) is 12.1 Å². The highest BCUT2D eigenvalue weighted by Crippen LogP contribution is 2.39. The normalized spacial score (nSPS) is 22.5. The molecule has 146 valence electrons. The monoisotopic (exact) mass is 371 g/mol. The number of piperidine rings is 1. The fourth-order valence-corrected chi connectivity index (χ4v) is 4.13. The van der Waals surface area contributed by atoms with Gasteiger partial charge in [-0.15, -0.1) is 0 Å². The van der Waals surface area contributed by atoms with Gasteiger partial charge in [-0.1, -0.05) is 6.42 Å². The first-order valence-electron chi connectivity index (χ1n) is 9.73. The topological polar surface area (TPSA) is 90.2 Å². The van der Waals surface area contributed by atoms with Crippen molar-refractivity contribution >= 4 is 11.8 Å². The zero-order valence-electron chi connectivity index (χ0n) is 16.4. The number of carbonyl (C=O) groups is 2. The number of hydrogen-bond acceptors (Lipinski definition) is 4. The molecule has 3 rings (SSSR count). The molecule has 1 saturated heterocycles. The number of likely N-dealkylation sites (tertiary alicyclic amines) is 1. The lowest BCUT2D eigenvalue weighted by Crippen LogP contribution is -2.51. The number of amides is 2. The Morgan fingerprint density at radius 1 is 1.30 bits per heavy atom. The lowest BCUT2D eigenvalue weighted by atomic mass is 9.97. The third kappa shape index (κ3) is 4.01. The van der Waals surface area contributed by atoms with Crippen LogP contribution in [0.25, 0.3) is 0 Å². The van der Waals surface area contributed by atoms with Gasteiger partial charge in [0.1, 0.15) is 11.2 Å². The van der Waals surface area contributed by atoms with Crippen molar-refractivity contribution in [2.24, 2.45) is 13.0 Å². The summed E-state index contributed by atoms with van der Waals surface area (Å²) < 4.78 is 1.92. The summed E-state index contributed by atoms with van der Waals surface area (Å²) in [4.78, 5) is 26.8. The second-order valence-corrected chi connectivity index (χ2v) is 7.90. The molecule has 1 aromatic rings. The summed E-state index contributed by atoms with van der Waals surface area (Å²) in [6, 6.07) is 6.20. The first-order valence-corrected chi connectivity index (χ1v) is 9.73. The molecular formula is C20H29N5O2. The molecule has 2 aliphatic rings. The number of carbonyl (C=O) groups excluding carboxylic acids is 2. The van der Waals surface area contributed by atoms with Gasteiger partial charge in [-0.05, 0) is 57.2 Å². The maximum atomic E-state index is 12.7. The van der Waals surface area contributed by atoms with E-state index in [2.05, 4.69) is 21.6 Å². The Labute approximate surface area is 160 Å². The number of nitrogens with zero attached hydrogens (tertiary/aromatic N) is 3. The van der Waals surface area contributed by atoms with Crippen molar-refractivity contribution in [3.05, 3.63) is 23.5 Å². The SMILES string of the molecule is CNC(=O)c1ccc([C@@H]2CCCCN2CC(=O)N[C@](C)(C#N)C2CC2)n1C. The second kappa shape index (κ2) is 7.73. The van der Waals surface area contributed by atoms with Crippen LogP contribution in [-0.2, 0) is 11.8 Å². The predicted octanol–water partition coefficient (Wildman–Crippen LogP) is 1.72. The van der Waals surface area contributed by atoms with Gasteiger partial charge in [0.05, 0.1) is 18.7 Å². The molecule has 2 fully saturated rings. The van der Waals surface area contributed by atoms with Crippen molar-refractivity contribution in [2.45, 2.75) is 50.6 Å². The molecule has 1 aliphatic carbocycles. The van der Waals surface area contributed by atoms with Gasteiger partial charge in [0.25, 0.3) is 5.91 Å². The van der Waals surface area contributed by atoms with E-state index in [0.29, 0.717) is 5.69 Å². The van der Waals surface area contributed by atoms with Crippen molar-refractivity contribution in [1.29, 1.82) is 5.26 Å². The molecule has 0 aromatic carbocycles. The molecule has 2 heterocycles. The number of aromatic nitrogens is 1. The second-order valence-electron chi connectivity index (χ2n) is 7.90. The Bertz CT molecular complexity index is 761. The summed E-state index contributed by atoms with van der Waals surface area (Å²) in [7, 11) is 3.52. The average Bonchev–Trinajstić information content (AvgIpc) is 3.45. The summed E-state index contributed by atoms with van der Waals surface area (Å²) in [6.45, 7) is 2.93.